The van der Waals surface area contributed by atoms with E-state index in [2.05, 4.69) is 15.5 Å². The number of nitriles is 1. The second-order valence-corrected chi connectivity index (χ2v) is 6.15. The van der Waals surface area contributed by atoms with Crippen LogP contribution < -0.4 is 5.43 Å². The van der Waals surface area contributed by atoms with Crippen LogP contribution in [-0.2, 0) is 6.18 Å². The van der Waals surface area contributed by atoms with Crippen molar-refractivity contribution in [3.8, 4) is 17.4 Å². The summed E-state index contributed by atoms with van der Waals surface area (Å²) in [6, 6.07) is 9.86. The number of furan rings is 1. The lowest BCUT2D eigenvalue weighted by atomic mass is 10.1. The van der Waals surface area contributed by atoms with E-state index in [4.69, 9.17) is 14.1 Å². The molecule has 0 amide bonds. The molecule has 9 heteroatoms. The number of hydrazone groups is 1. The number of anilines is 1. The average molecular weight is 388 g/mol. The van der Waals surface area contributed by atoms with Gasteiger partial charge in [0.1, 0.15) is 17.6 Å². The normalized spacial score (nSPS) is 11.9. The second-order valence-electron chi connectivity index (χ2n) is 6.15. The van der Waals surface area contributed by atoms with Crippen molar-refractivity contribution in [2.45, 2.75) is 25.9 Å². The van der Waals surface area contributed by atoms with Gasteiger partial charge in [0, 0.05) is 11.5 Å². The molecule has 0 fully saturated rings. The van der Waals surface area contributed by atoms with Gasteiger partial charge in [-0.25, -0.2) is 10.4 Å². The van der Waals surface area contributed by atoms with Gasteiger partial charge in [-0.3, -0.25) is 0 Å². The van der Waals surface area contributed by atoms with Crippen LogP contribution in [0.5, 0.6) is 0 Å². The first-order valence-corrected chi connectivity index (χ1v) is 8.25. The molecule has 0 aliphatic heterocycles. The predicted molar refractivity (Wildman–Crippen MR) is 95.7 cm³/mol. The molecular formula is C19H15F3N4O2. The van der Waals surface area contributed by atoms with Crippen molar-refractivity contribution in [3.63, 3.8) is 0 Å². The second kappa shape index (κ2) is 7.60. The van der Waals surface area contributed by atoms with Gasteiger partial charge in [-0.15, -0.1) is 0 Å². The first-order chi connectivity index (χ1) is 13.3. The molecule has 1 N–H and O–H groups in total. The van der Waals surface area contributed by atoms with E-state index in [1.807, 2.05) is 19.9 Å². The molecule has 0 aliphatic carbocycles. The molecule has 0 bridgehead atoms. The Balaban J connectivity index is 1.74. The number of benzene rings is 1. The van der Waals surface area contributed by atoms with Gasteiger partial charge in [0.15, 0.2) is 0 Å². The molecule has 3 rings (SSSR count). The van der Waals surface area contributed by atoms with E-state index < -0.39 is 11.7 Å². The van der Waals surface area contributed by atoms with Gasteiger partial charge in [0.25, 0.3) is 5.88 Å². The van der Waals surface area contributed by atoms with Gasteiger partial charge < -0.3 is 8.83 Å². The maximum Gasteiger partial charge on any atom is 0.416 e. The third-order valence-electron chi connectivity index (χ3n) is 3.70. The number of aromatic nitrogens is 1. The fourth-order valence-electron chi connectivity index (χ4n) is 2.32. The van der Waals surface area contributed by atoms with E-state index in [1.165, 1.54) is 18.3 Å². The molecule has 0 aliphatic rings. The summed E-state index contributed by atoms with van der Waals surface area (Å²) < 4.78 is 49.4. The number of nitrogens with zero attached hydrogens (tertiary/aromatic N) is 3. The van der Waals surface area contributed by atoms with Gasteiger partial charge in [-0.05, 0) is 24.3 Å². The highest BCUT2D eigenvalue weighted by Gasteiger charge is 2.30. The van der Waals surface area contributed by atoms with Gasteiger partial charge in [-0.1, -0.05) is 26.0 Å². The van der Waals surface area contributed by atoms with Crippen molar-refractivity contribution in [3.05, 3.63) is 59.3 Å². The minimum Gasteiger partial charge on any atom is -0.455 e. The smallest absolute Gasteiger partial charge is 0.416 e. The lowest BCUT2D eigenvalue weighted by Gasteiger charge is -2.07. The van der Waals surface area contributed by atoms with Crippen molar-refractivity contribution in [2.75, 3.05) is 5.43 Å². The van der Waals surface area contributed by atoms with E-state index in [0.717, 1.165) is 12.1 Å². The zero-order chi connectivity index (χ0) is 20.3. The minimum absolute atomic E-state index is 0.00623. The van der Waals surface area contributed by atoms with Crippen molar-refractivity contribution < 1.29 is 22.0 Å². The number of oxazole rings is 1. The minimum atomic E-state index is -4.43. The fourth-order valence-corrected chi connectivity index (χ4v) is 2.32. The first kappa shape index (κ1) is 19.2. The Morgan fingerprint density at radius 2 is 2.00 bits per heavy atom. The molecule has 2 aromatic heterocycles. The van der Waals surface area contributed by atoms with E-state index in [1.54, 1.807) is 12.1 Å². The fraction of sp³-hybridized carbons (Fsp3) is 0.211. The van der Waals surface area contributed by atoms with Crippen LogP contribution in [0.3, 0.4) is 0 Å². The predicted octanol–water partition coefficient (Wildman–Crippen LogP) is 5.39. The van der Waals surface area contributed by atoms with Crippen molar-refractivity contribution >= 4 is 12.1 Å². The average Bonchev–Trinajstić information content (AvgIpc) is 3.28. The largest absolute Gasteiger partial charge is 0.455 e. The van der Waals surface area contributed by atoms with E-state index in [-0.39, 0.29) is 23.3 Å². The van der Waals surface area contributed by atoms with Crippen LogP contribution >= 0.6 is 0 Å². The molecule has 0 radical (unpaired) electrons. The molecule has 3 aromatic rings. The van der Waals surface area contributed by atoms with Crippen LogP contribution in [0.15, 0.2) is 50.3 Å². The zero-order valence-corrected chi connectivity index (χ0v) is 14.9. The van der Waals surface area contributed by atoms with Gasteiger partial charge in [0.05, 0.1) is 11.8 Å². The molecule has 2 heterocycles. The number of hydrogen-bond acceptors (Lipinski definition) is 6. The van der Waals surface area contributed by atoms with Crippen LogP contribution in [0.4, 0.5) is 19.1 Å². The van der Waals surface area contributed by atoms with Gasteiger partial charge in [0.2, 0.25) is 11.6 Å². The van der Waals surface area contributed by atoms with E-state index >= 15 is 0 Å². The first-order valence-electron chi connectivity index (χ1n) is 8.25. The van der Waals surface area contributed by atoms with Crippen LogP contribution in [0.25, 0.3) is 11.3 Å². The zero-order valence-electron chi connectivity index (χ0n) is 14.9. The summed E-state index contributed by atoms with van der Waals surface area (Å²) in [6.07, 6.45) is -3.11. The highest BCUT2D eigenvalue weighted by Crippen LogP contribution is 2.32. The van der Waals surface area contributed by atoms with Crippen LogP contribution in [0.2, 0.25) is 0 Å². The standard InChI is InChI=1S/C19H15F3N4O2/c1-11(2)17-25-15(9-23)18(28-17)26-24-10-14-6-7-16(27-14)12-4-3-5-13(8-12)19(20,21)22/h3-8,10-11,26H,1-2H3/b24-10-. The summed E-state index contributed by atoms with van der Waals surface area (Å²) >= 11 is 0. The van der Waals surface area contributed by atoms with Crippen LogP contribution in [0, 0.1) is 11.3 Å². The molecule has 6 nitrogen and oxygen atoms in total. The van der Waals surface area contributed by atoms with Crippen molar-refractivity contribution in [2.24, 2.45) is 5.10 Å². The highest BCUT2D eigenvalue weighted by molar-refractivity contribution is 5.78. The Morgan fingerprint density at radius 1 is 1.21 bits per heavy atom. The van der Waals surface area contributed by atoms with Gasteiger partial charge >= 0.3 is 6.18 Å². The maximum absolute atomic E-state index is 12.8. The number of rotatable bonds is 5. The Labute approximate surface area is 158 Å². The Hall–Kier alpha value is -3.54. The summed E-state index contributed by atoms with van der Waals surface area (Å²) in [5.41, 5.74) is 2.19. The number of halogens is 3. The number of alkyl halides is 3. The number of nitrogens with one attached hydrogen (secondary N) is 1. The monoisotopic (exact) mass is 388 g/mol. The molecule has 0 saturated carbocycles. The van der Waals surface area contributed by atoms with Crippen LogP contribution in [-0.4, -0.2) is 11.2 Å². The molecule has 0 atom stereocenters. The third kappa shape index (κ3) is 4.23. The number of hydrogen-bond donors (Lipinski definition) is 1. The molecule has 0 unspecified atom stereocenters. The summed E-state index contributed by atoms with van der Waals surface area (Å²) in [5, 5.41) is 13.0. The van der Waals surface area contributed by atoms with Crippen molar-refractivity contribution in [1.29, 1.82) is 5.26 Å². The third-order valence-corrected chi connectivity index (χ3v) is 3.70. The summed E-state index contributed by atoms with van der Waals surface area (Å²) in [7, 11) is 0. The Kier molecular flexibility index (Phi) is 5.22. The van der Waals surface area contributed by atoms with Gasteiger partial charge in [-0.2, -0.15) is 23.5 Å². The Bertz CT molecular complexity index is 1040. The molecule has 28 heavy (non-hydrogen) atoms. The summed E-state index contributed by atoms with van der Waals surface area (Å²) in [4.78, 5) is 4.05. The van der Waals surface area contributed by atoms with Crippen molar-refractivity contribution in [1.82, 2.24) is 4.98 Å². The quantitative estimate of drug-likeness (QED) is 0.467. The SMILES string of the molecule is CC(C)c1nc(C#N)c(N/N=C\c2ccc(-c3cccc(C(F)(F)F)c3)o2)o1. The van der Waals surface area contributed by atoms with E-state index in [9.17, 15) is 13.2 Å². The molecule has 0 spiro atoms. The lowest BCUT2D eigenvalue weighted by molar-refractivity contribution is -0.137. The Morgan fingerprint density at radius 3 is 2.68 bits per heavy atom. The lowest BCUT2D eigenvalue weighted by Crippen LogP contribution is -2.04. The maximum atomic E-state index is 12.8. The van der Waals surface area contributed by atoms with E-state index in [0.29, 0.717) is 17.2 Å². The molecule has 144 valence electrons. The topological polar surface area (TPSA) is 87.4 Å². The van der Waals surface area contributed by atoms with Crippen LogP contribution in [0.1, 0.15) is 42.7 Å². The molecule has 1 aromatic carbocycles. The summed E-state index contributed by atoms with van der Waals surface area (Å²) in [5.74, 6) is 1.09. The highest BCUT2D eigenvalue weighted by atomic mass is 19.4. The molecular weight excluding hydrogens is 373 g/mol. The molecule has 0 saturated heterocycles. The summed E-state index contributed by atoms with van der Waals surface area (Å²) in [6.45, 7) is 3.75.